The van der Waals surface area contributed by atoms with Crippen LogP contribution in [-0.4, -0.2) is 6.61 Å². The Morgan fingerprint density at radius 2 is 2.40 bits per heavy atom. The number of ether oxygens (including phenoxy) is 2. The summed E-state index contributed by atoms with van der Waals surface area (Å²) >= 11 is 0. The van der Waals surface area contributed by atoms with E-state index < -0.39 is 0 Å². The van der Waals surface area contributed by atoms with E-state index in [2.05, 4.69) is 6.92 Å². The van der Waals surface area contributed by atoms with Crippen molar-refractivity contribution in [1.29, 1.82) is 0 Å². The highest BCUT2D eigenvalue weighted by atomic mass is 16.7. The average Bonchev–Trinajstić information content (AvgIpc) is 2.03. The fraction of sp³-hybridized carbons (Fsp3) is 0.375. The molecule has 0 aromatic rings. The molecule has 0 bridgehead atoms. The zero-order valence-electron chi connectivity index (χ0n) is 6.04. The van der Waals surface area contributed by atoms with E-state index in [0.717, 1.165) is 6.42 Å². The molecule has 0 unspecified atom stereocenters. The summed E-state index contributed by atoms with van der Waals surface area (Å²) in [7, 11) is 0. The Hall–Kier alpha value is -0.760. The summed E-state index contributed by atoms with van der Waals surface area (Å²) in [5.74, 6) is 0. The lowest BCUT2D eigenvalue weighted by molar-refractivity contribution is 0.0203. The minimum absolute atomic E-state index is 0.587. The second-order valence-electron chi connectivity index (χ2n) is 1.97. The molecule has 1 rings (SSSR count). The topological polar surface area (TPSA) is 18.5 Å². The van der Waals surface area contributed by atoms with Crippen molar-refractivity contribution >= 4 is 0 Å². The normalized spacial score (nSPS) is 17.3. The van der Waals surface area contributed by atoms with Gasteiger partial charge in [-0.15, -0.1) is 0 Å². The molecule has 0 fully saturated rings. The van der Waals surface area contributed by atoms with Gasteiger partial charge in [-0.3, -0.25) is 0 Å². The quantitative estimate of drug-likeness (QED) is 0.595. The molecule has 55 valence electrons. The van der Waals surface area contributed by atoms with Crippen LogP contribution in [0.15, 0.2) is 24.5 Å². The van der Waals surface area contributed by atoms with Gasteiger partial charge in [-0.1, -0.05) is 13.0 Å². The van der Waals surface area contributed by atoms with Crippen molar-refractivity contribution in [2.45, 2.75) is 13.3 Å². The summed E-state index contributed by atoms with van der Waals surface area (Å²) in [6.07, 6.45) is 8.70. The minimum Gasteiger partial charge on any atom is -0.460 e. The van der Waals surface area contributed by atoms with E-state index in [1.165, 1.54) is 0 Å². The Labute approximate surface area is 61.1 Å². The van der Waals surface area contributed by atoms with E-state index in [1.54, 1.807) is 12.3 Å². The van der Waals surface area contributed by atoms with Crippen LogP contribution in [0.2, 0.25) is 0 Å². The van der Waals surface area contributed by atoms with Gasteiger partial charge in [-0.25, -0.2) is 0 Å². The van der Waals surface area contributed by atoms with E-state index in [0.29, 0.717) is 12.9 Å². The molecule has 0 N–H and O–H groups in total. The summed E-state index contributed by atoms with van der Waals surface area (Å²) in [6, 6.07) is 0. The first kappa shape index (κ1) is 7.35. The first-order chi connectivity index (χ1) is 4.93. The second kappa shape index (κ2) is 4.12. The van der Waals surface area contributed by atoms with Crippen molar-refractivity contribution in [3.05, 3.63) is 30.8 Å². The lowest BCUT2D eigenvalue weighted by Gasteiger charge is -2.11. The molecule has 0 aliphatic carbocycles. The Kier molecular flexibility index (Phi) is 3.03. The van der Waals surface area contributed by atoms with Crippen LogP contribution in [0.25, 0.3) is 0 Å². The summed E-state index contributed by atoms with van der Waals surface area (Å²) < 4.78 is 10.2. The smallest absolute Gasteiger partial charge is 0.300 e. The van der Waals surface area contributed by atoms with Gasteiger partial charge in [0.2, 0.25) is 0 Å². The van der Waals surface area contributed by atoms with Crippen molar-refractivity contribution in [2.75, 3.05) is 6.61 Å². The van der Waals surface area contributed by atoms with Crippen molar-refractivity contribution < 1.29 is 9.47 Å². The Morgan fingerprint density at radius 3 is 3.00 bits per heavy atom. The van der Waals surface area contributed by atoms with Gasteiger partial charge < -0.3 is 9.47 Å². The van der Waals surface area contributed by atoms with E-state index in [1.807, 2.05) is 12.2 Å². The van der Waals surface area contributed by atoms with Gasteiger partial charge in [0.05, 0.1) is 12.9 Å². The van der Waals surface area contributed by atoms with Crippen LogP contribution in [0.3, 0.4) is 0 Å². The van der Waals surface area contributed by atoms with Gasteiger partial charge in [0.25, 0.3) is 0 Å². The van der Waals surface area contributed by atoms with Gasteiger partial charge in [0.15, 0.2) is 0 Å². The van der Waals surface area contributed by atoms with Gasteiger partial charge in [0, 0.05) is 0 Å². The fourth-order valence-corrected chi connectivity index (χ4v) is 0.610. The van der Waals surface area contributed by atoms with Gasteiger partial charge >= 0.3 is 6.29 Å². The summed E-state index contributed by atoms with van der Waals surface area (Å²) in [5, 5.41) is 0. The molecule has 0 spiro atoms. The molecule has 0 aromatic heterocycles. The van der Waals surface area contributed by atoms with Crippen LogP contribution in [0.5, 0.6) is 0 Å². The van der Waals surface area contributed by atoms with E-state index >= 15 is 0 Å². The third-order valence-electron chi connectivity index (χ3n) is 1.05. The van der Waals surface area contributed by atoms with Gasteiger partial charge in [-0.2, -0.15) is 0 Å². The molecule has 2 heteroatoms. The lowest BCUT2D eigenvalue weighted by atomic mass is 10.4. The highest BCUT2D eigenvalue weighted by molar-refractivity contribution is 5.11. The standard InChI is InChI=1S/C8H11O2/c1-2-6-9-8-5-3-4-7-10-8/h3-5,7H,2,6H2,1H3. The Morgan fingerprint density at radius 1 is 1.50 bits per heavy atom. The first-order valence-electron chi connectivity index (χ1n) is 3.43. The highest BCUT2D eigenvalue weighted by Gasteiger charge is 2.06. The largest absolute Gasteiger partial charge is 0.460 e. The molecular weight excluding hydrogens is 128 g/mol. The zero-order chi connectivity index (χ0) is 7.23. The summed E-state index contributed by atoms with van der Waals surface area (Å²) in [4.78, 5) is 0. The molecule has 0 atom stereocenters. The van der Waals surface area contributed by atoms with Crippen molar-refractivity contribution in [1.82, 2.24) is 0 Å². The molecule has 0 aromatic carbocycles. The van der Waals surface area contributed by atoms with Gasteiger partial charge in [0.1, 0.15) is 0 Å². The Balaban J connectivity index is 2.17. The van der Waals surface area contributed by atoms with Crippen molar-refractivity contribution in [3.63, 3.8) is 0 Å². The monoisotopic (exact) mass is 139 g/mol. The molecule has 1 aliphatic rings. The Bertz CT molecular complexity index is 138. The maximum absolute atomic E-state index is 5.19. The molecule has 0 saturated heterocycles. The van der Waals surface area contributed by atoms with E-state index in [4.69, 9.17) is 9.47 Å². The zero-order valence-corrected chi connectivity index (χ0v) is 6.04. The highest BCUT2D eigenvalue weighted by Crippen LogP contribution is 2.11. The number of allylic oxidation sites excluding steroid dienone is 2. The maximum Gasteiger partial charge on any atom is 0.300 e. The molecule has 1 aliphatic heterocycles. The van der Waals surface area contributed by atoms with Crippen LogP contribution < -0.4 is 0 Å². The van der Waals surface area contributed by atoms with Crippen LogP contribution in [0, 0.1) is 6.29 Å². The van der Waals surface area contributed by atoms with Crippen molar-refractivity contribution in [2.24, 2.45) is 0 Å². The van der Waals surface area contributed by atoms with E-state index in [9.17, 15) is 0 Å². The lowest BCUT2D eigenvalue weighted by Crippen LogP contribution is -2.04. The van der Waals surface area contributed by atoms with Gasteiger partial charge in [-0.05, 0) is 18.6 Å². The predicted octanol–water partition coefficient (Wildman–Crippen LogP) is 2.00. The summed E-state index contributed by atoms with van der Waals surface area (Å²) in [5.41, 5.74) is 0. The van der Waals surface area contributed by atoms with Crippen LogP contribution >= 0.6 is 0 Å². The number of rotatable bonds is 3. The molecule has 1 radical (unpaired) electrons. The van der Waals surface area contributed by atoms with Crippen molar-refractivity contribution in [3.8, 4) is 0 Å². The van der Waals surface area contributed by atoms with E-state index in [-0.39, 0.29) is 0 Å². The molecule has 0 saturated carbocycles. The SMILES string of the molecule is CCCO[C]1C=CC=CO1. The molecule has 2 nitrogen and oxygen atoms in total. The van der Waals surface area contributed by atoms with Crippen LogP contribution in [0.4, 0.5) is 0 Å². The maximum atomic E-state index is 5.19. The van der Waals surface area contributed by atoms with Crippen LogP contribution in [-0.2, 0) is 9.47 Å². The first-order valence-corrected chi connectivity index (χ1v) is 3.43. The minimum atomic E-state index is 0.587. The second-order valence-corrected chi connectivity index (χ2v) is 1.97. The predicted molar refractivity (Wildman–Crippen MR) is 38.9 cm³/mol. The number of hydrogen-bond acceptors (Lipinski definition) is 2. The molecule has 0 amide bonds. The summed E-state index contributed by atoms with van der Waals surface area (Å²) in [6.45, 7) is 2.77. The third-order valence-corrected chi connectivity index (χ3v) is 1.05. The molecule has 1 heterocycles. The average molecular weight is 139 g/mol. The fourth-order valence-electron chi connectivity index (χ4n) is 0.610. The molecular formula is C8H11O2. The third kappa shape index (κ3) is 2.23. The number of hydrogen-bond donors (Lipinski definition) is 0. The molecule has 10 heavy (non-hydrogen) atoms. The van der Waals surface area contributed by atoms with Crippen LogP contribution in [0.1, 0.15) is 13.3 Å².